The predicted octanol–water partition coefficient (Wildman–Crippen LogP) is 1.63. The van der Waals surface area contributed by atoms with Gasteiger partial charge in [0.25, 0.3) is 5.56 Å². The molecule has 0 bridgehead atoms. The van der Waals surface area contributed by atoms with Crippen LogP contribution in [0.2, 0.25) is 0 Å². The average molecular weight is 305 g/mol. The molecule has 0 unspecified atom stereocenters. The highest BCUT2D eigenvalue weighted by atomic mass is 16.2. The molecule has 0 spiro atoms. The van der Waals surface area contributed by atoms with Crippen molar-refractivity contribution in [3.63, 3.8) is 0 Å². The van der Waals surface area contributed by atoms with E-state index in [9.17, 15) is 9.59 Å². The molecule has 0 amide bonds. The lowest BCUT2D eigenvalue weighted by Crippen LogP contribution is -2.40. The quantitative estimate of drug-likeness (QED) is 0.830. The van der Waals surface area contributed by atoms with Crippen molar-refractivity contribution in [2.45, 2.75) is 57.5 Å². The molecule has 1 heterocycles. The van der Waals surface area contributed by atoms with Crippen LogP contribution < -0.4 is 11.2 Å². The Balaban J connectivity index is 1.76. The number of nitrogens with zero attached hydrogens (tertiary/aromatic N) is 3. The van der Waals surface area contributed by atoms with Gasteiger partial charge in [-0.15, -0.1) is 0 Å². The molecule has 0 aliphatic heterocycles. The third-order valence-corrected chi connectivity index (χ3v) is 5.27. The Hall–Kier alpha value is -1.36. The summed E-state index contributed by atoms with van der Waals surface area (Å²) < 4.78 is 2.80. The van der Waals surface area contributed by atoms with E-state index >= 15 is 0 Å². The van der Waals surface area contributed by atoms with Crippen molar-refractivity contribution < 1.29 is 0 Å². The van der Waals surface area contributed by atoms with E-state index in [2.05, 4.69) is 4.90 Å². The molecular formula is C17H27N3O2. The molecule has 1 aromatic rings. The monoisotopic (exact) mass is 305 g/mol. The summed E-state index contributed by atoms with van der Waals surface area (Å²) in [4.78, 5) is 26.5. The van der Waals surface area contributed by atoms with Crippen molar-refractivity contribution in [3.05, 3.63) is 32.6 Å². The van der Waals surface area contributed by atoms with Gasteiger partial charge in [0.15, 0.2) is 0 Å². The van der Waals surface area contributed by atoms with Gasteiger partial charge in [-0.3, -0.25) is 18.8 Å². The number of rotatable bonds is 5. The summed E-state index contributed by atoms with van der Waals surface area (Å²) in [6.07, 6.45) is 9.26. The summed E-state index contributed by atoms with van der Waals surface area (Å²) in [6, 6.07) is 2.28. The summed E-state index contributed by atoms with van der Waals surface area (Å²) in [5, 5.41) is 0. The second-order valence-corrected chi connectivity index (χ2v) is 7.04. The second kappa shape index (κ2) is 6.41. The largest absolute Gasteiger partial charge is 0.330 e. The number of aromatic nitrogens is 2. The molecule has 0 aromatic carbocycles. The Bertz CT molecular complexity index is 636. The maximum Gasteiger partial charge on any atom is 0.330 e. The lowest BCUT2D eigenvalue weighted by Gasteiger charge is -2.30. The van der Waals surface area contributed by atoms with Crippen LogP contribution in [0.25, 0.3) is 0 Å². The third kappa shape index (κ3) is 3.35. The van der Waals surface area contributed by atoms with Crippen molar-refractivity contribution in [1.29, 1.82) is 0 Å². The molecule has 0 N–H and O–H groups in total. The SMILES string of the molecule is Cn1c(CN(CC2CCCCC2)C2CC2)cc(=O)n(C)c1=O. The minimum Gasteiger partial charge on any atom is -0.299 e. The fourth-order valence-electron chi connectivity index (χ4n) is 3.62. The van der Waals surface area contributed by atoms with E-state index in [-0.39, 0.29) is 11.2 Å². The number of hydrogen-bond acceptors (Lipinski definition) is 3. The Morgan fingerprint density at radius 1 is 1.05 bits per heavy atom. The van der Waals surface area contributed by atoms with Gasteiger partial charge in [-0.1, -0.05) is 19.3 Å². The molecular weight excluding hydrogens is 278 g/mol. The molecule has 22 heavy (non-hydrogen) atoms. The van der Waals surface area contributed by atoms with E-state index in [0.717, 1.165) is 24.7 Å². The molecule has 5 heteroatoms. The number of hydrogen-bond donors (Lipinski definition) is 0. The topological polar surface area (TPSA) is 47.2 Å². The van der Waals surface area contributed by atoms with Gasteiger partial charge in [-0.25, -0.2) is 4.79 Å². The summed E-state index contributed by atoms with van der Waals surface area (Å²) in [7, 11) is 3.30. The summed E-state index contributed by atoms with van der Waals surface area (Å²) >= 11 is 0. The van der Waals surface area contributed by atoms with Crippen molar-refractivity contribution in [2.24, 2.45) is 20.0 Å². The molecule has 2 fully saturated rings. The molecule has 3 rings (SSSR count). The fraction of sp³-hybridized carbons (Fsp3) is 0.765. The summed E-state index contributed by atoms with van der Waals surface area (Å²) in [5.74, 6) is 0.790. The minimum absolute atomic E-state index is 0.202. The zero-order valence-electron chi connectivity index (χ0n) is 13.8. The first-order valence-electron chi connectivity index (χ1n) is 8.56. The highest BCUT2D eigenvalue weighted by molar-refractivity contribution is 5.03. The van der Waals surface area contributed by atoms with Crippen molar-refractivity contribution in [3.8, 4) is 0 Å². The van der Waals surface area contributed by atoms with Gasteiger partial charge in [0.1, 0.15) is 0 Å². The first-order chi connectivity index (χ1) is 10.6. The van der Waals surface area contributed by atoms with Crippen molar-refractivity contribution >= 4 is 0 Å². The normalized spacial score (nSPS) is 19.8. The molecule has 0 saturated heterocycles. The van der Waals surface area contributed by atoms with Crippen molar-refractivity contribution in [1.82, 2.24) is 14.0 Å². The van der Waals surface area contributed by atoms with E-state index in [1.165, 1.54) is 56.6 Å². The average Bonchev–Trinajstić information content (AvgIpc) is 3.35. The van der Waals surface area contributed by atoms with E-state index in [0.29, 0.717) is 6.04 Å². The highest BCUT2D eigenvalue weighted by Crippen LogP contribution is 2.32. The van der Waals surface area contributed by atoms with Crippen LogP contribution in [0.3, 0.4) is 0 Å². The zero-order valence-corrected chi connectivity index (χ0v) is 13.8. The zero-order chi connectivity index (χ0) is 15.7. The molecule has 2 aliphatic carbocycles. The molecule has 1 aromatic heterocycles. The van der Waals surface area contributed by atoms with Crippen LogP contribution >= 0.6 is 0 Å². The molecule has 2 saturated carbocycles. The van der Waals surface area contributed by atoms with Gasteiger partial charge in [0.2, 0.25) is 0 Å². The predicted molar refractivity (Wildman–Crippen MR) is 86.9 cm³/mol. The van der Waals surface area contributed by atoms with Crippen molar-refractivity contribution in [2.75, 3.05) is 6.54 Å². The smallest absolute Gasteiger partial charge is 0.299 e. The van der Waals surface area contributed by atoms with Gasteiger partial charge < -0.3 is 0 Å². The second-order valence-electron chi connectivity index (χ2n) is 7.04. The van der Waals surface area contributed by atoms with Crippen LogP contribution in [0.5, 0.6) is 0 Å². The lowest BCUT2D eigenvalue weighted by atomic mass is 9.89. The van der Waals surface area contributed by atoms with E-state index in [1.54, 1.807) is 17.7 Å². The van der Waals surface area contributed by atoms with E-state index in [1.807, 2.05) is 0 Å². The van der Waals surface area contributed by atoms with Crippen LogP contribution in [-0.4, -0.2) is 26.6 Å². The van der Waals surface area contributed by atoms with Crippen LogP contribution in [0, 0.1) is 5.92 Å². The molecule has 0 radical (unpaired) electrons. The standard InChI is InChI=1S/C17H27N3O2/c1-18-15(10-16(21)19(2)17(18)22)12-20(14-8-9-14)11-13-6-4-3-5-7-13/h10,13-14H,3-9,11-12H2,1-2H3. The summed E-state index contributed by atoms with van der Waals surface area (Å²) in [6.45, 7) is 1.84. The Morgan fingerprint density at radius 2 is 1.73 bits per heavy atom. The molecule has 122 valence electrons. The lowest BCUT2D eigenvalue weighted by molar-refractivity contribution is 0.182. The van der Waals surface area contributed by atoms with Gasteiger partial charge in [-0.2, -0.15) is 0 Å². The van der Waals surface area contributed by atoms with E-state index < -0.39 is 0 Å². The third-order valence-electron chi connectivity index (χ3n) is 5.27. The van der Waals surface area contributed by atoms with Gasteiger partial charge in [0.05, 0.1) is 0 Å². The van der Waals surface area contributed by atoms with Crippen LogP contribution in [0.1, 0.15) is 50.6 Å². The highest BCUT2D eigenvalue weighted by Gasteiger charge is 2.31. The Labute approximate surface area is 131 Å². The maximum atomic E-state index is 12.1. The van der Waals surface area contributed by atoms with E-state index in [4.69, 9.17) is 0 Å². The molecule has 2 aliphatic rings. The minimum atomic E-state index is -0.226. The molecule has 0 atom stereocenters. The first kappa shape index (κ1) is 15.5. The molecule has 5 nitrogen and oxygen atoms in total. The van der Waals surface area contributed by atoms with Crippen LogP contribution in [-0.2, 0) is 20.6 Å². The first-order valence-corrected chi connectivity index (χ1v) is 8.56. The van der Waals surface area contributed by atoms with Crippen LogP contribution in [0.4, 0.5) is 0 Å². The Morgan fingerprint density at radius 3 is 2.36 bits per heavy atom. The maximum absolute atomic E-state index is 12.1. The van der Waals surface area contributed by atoms with Gasteiger partial charge in [-0.05, 0) is 31.6 Å². The summed E-state index contributed by atoms with van der Waals surface area (Å²) in [5.41, 5.74) is 0.415. The van der Waals surface area contributed by atoms with Gasteiger partial charge >= 0.3 is 5.69 Å². The van der Waals surface area contributed by atoms with Crippen LogP contribution in [0.15, 0.2) is 15.7 Å². The van der Waals surface area contributed by atoms with Gasteiger partial charge in [0, 0.05) is 45.0 Å². The Kier molecular flexibility index (Phi) is 4.52. The fourth-order valence-corrected chi connectivity index (χ4v) is 3.62.